The van der Waals surface area contributed by atoms with Crippen LogP contribution in [0.4, 0.5) is 5.69 Å². The average molecular weight is 281 g/mol. The molecule has 0 amide bonds. The standard InChI is InChI=1S/C19H23NO/c1-15-19(2,3)17-11-7-8-12-18(17)20(15)13-14-21-16-9-5-4-6-10-16/h4-12,15H,13-14H2,1-3H3. The number of anilines is 1. The fourth-order valence-corrected chi connectivity index (χ4v) is 3.18. The Labute approximate surface area is 127 Å². The molecule has 1 unspecified atom stereocenters. The Morgan fingerprint density at radius 3 is 2.43 bits per heavy atom. The Balaban J connectivity index is 1.71. The lowest BCUT2D eigenvalue weighted by molar-refractivity contribution is 0.314. The van der Waals surface area contributed by atoms with E-state index in [2.05, 4.69) is 49.9 Å². The van der Waals surface area contributed by atoms with Crippen LogP contribution < -0.4 is 9.64 Å². The van der Waals surface area contributed by atoms with E-state index in [1.54, 1.807) is 0 Å². The molecule has 3 rings (SSSR count). The SMILES string of the molecule is CC1N(CCOc2ccccc2)c2ccccc2C1(C)C. The van der Waals surface area contributed by atoms with E-state index in [0.717, 1.165) is 12.3 Å². The topological polar surface area (TPSA) is 12.5 Å². The van der Waals surface area contributed by atoms with Gasteiger partial charge in [-0.25, -0.2) is 0 Å². The molecule has 0 radical (unpaired) electrons. The second kappa shape index (κ2) is 5.44. The van der Waals surface area contributed by atoms with Crippen LogP contribution in [0, 0.1) is 0 Å². The summed E-state index contributed by atoms with van der Waals surface area (Å²) in [4.78, 5) is 2.47. The summed E-state index contributed by atoms with van der Waals surface area (Å²) >= 11 is 0. The van der Waals surface area contributed by atoms with E-state index in [-0.39, 0.29) is 5.41 Å². The largest absolute Gasteiger partial charge is 0.492 e. The molecular formula is C19H23NO. The number of ether oxygens (including phenoxy) is 1. The van der Waals surface area contributed by atoms with Gasteiger partial charge < -0.3 is 9.64 Å². The average Bonchev–Trinajstić information content (AvgIpc) is 2.70. The van der Waals surface area contributed by atoms with Crippen LogP contribution in [0.25, 0.3) is 0 Å². The molecule has 1 aliphatic heterocycles. The molecule has 2 heteroatoms. The number of hydrogen-bond acceptors (Lipinski definition) is 2. The summed E-state index contributed by atoms with van der Waals surface area (Å²) in [6.07, 6.45) is 0. The highest BCUT2D eigenvalue weighted by Gasteiger charge is 2.41. The second-order valence-corrected chi connectivity index (χ2v) is 6.27. The third-order valence-corrected chi connectivity index (χ3v) is 4.76. The van der Waals surface area contributed by atoms with Gasteiger partial charge in [0.25, 0.3) is 0 Å². The number of nitrogens with zero attached hydrogens (tertiary/aromatic N) is 1. The van der Waals surface area contributed by atoms with Crippen molar-refractivity contribution in [2.45, 2.75) is 32.2 Å². The maximum Gasteiger partial charge on any atom is 0.119 e. The highest BCUT2D eigenvalue weighted by molar-refractivity contribution is 5.63. The fourth-order valence-electron chi connectivity index (χ4n) is 3.18. The van der Waals surface area contributed by atoms with Crippen molar-refractivity contribution >= 4 is 5.69 Å². The predicted octanol–water partition coefficient (Wildman–Crippen LogP) is 4.25. The summed E-state index contributed by atoms with van der Waals surface area (Å²) in [5.74, 6) is 0.942. The summed E-state index contributed by atoms with van der Waals surface area (Å²) in [6.45, 7) is 8.58. The third kappa shape index (κ3) is 2.51. The van der Waals surface area contributed by atoms with Gasteiger partial charge in [-0.2, -0.15) is 0 Å². The van der Waals surface area contributed by atoms with E-state index >= 15 is 0 Å². The number of hydrogen-bond donors (Lipinski definition) is 0. The first kappa shape index (κ1) is 14.0. The van der Waals surface area contributed by atoms with E-state index in [4.69, 9.17) is 4.74 Å². The molecule has 110 valence electrons. The van der Waals surface area contributed by atoms with Crippen molar-refractivity contribution in [2.75, 3.05) is 18.1 Å². The molecule has 0 fully saturated rings. The van der Waals surface area contributed by atoms with Crippen LogP contribution in [-0.4, -0.2) is 19.2 Å². The van der Waals surface area contributed by atoms with Crippen LogP contribution in [0.1, 0.15) is 26.3 Å². The molecule has 0 N–H and O–H groups in total. The molecular weight excluding hydrogens is 258 g/mol. The zero-order valence-corrected chi connectivity index (χ0v) is 13.0. The van der Waals surface area contributed by atoms with Crippen molar-refractivity contribution in [3.05, 3.63) is 60.2 Å². The second-order valence-electron chi connectivity index (χ2n) is 6.27. The lowest BCUT2D eigenvalue weighted by Crippen LogP contribution is -2.40. The van der Waals surface area contributed by atoms with Crippen molar-refractivity contribution in [3.63, 3.8) is 0 Å². The first-order valence-corrected chi connectivity index (χ1v) is 7.64. The maximum absolute atomic E-state index is 5.86. The Bertz CT molecular complexity index is 606. The first-order valence-electron chi connectivity index (χ1n) is 7.64. The van der Waals surface area contributed by atoms with Crippen LogP contribution in [-0.2, 0) is 5.41 Å². The molecule has 0 aromatic heterocycles. The minimum Gasteiger partial charge on any atom is -0.492 e. The molecule has 21 heavy (non-hydrogen) atoms. The minimum atomic E-state index is 0.184. The summed E-state index contributed by atoms with van der Waals surface area (Å²) in [5.41, 5.74) is 2.98. The van der Waals surface area contributed by atoms with Crippen molar-refractivity contribution in [2.24, 2.45) is 0 Å². The van der Waals surface area contributed by atoms with E-state index in [9.17, 15) is 0 Å². The quantitative estimate of drug-likeness (QED) is 0.830. The molecule has 0 saturated carbocycles. The maximum atomic E-state index is 5.86. The van der Waals surface area contributed by atoms with E-state index < -0.39 is 0 Å². The van der Waals surface area contributed by atoms with E-state index in [1.165, 1.54) is 11.3 Å². The van der Waals surface area contributed by atoms with Gasteiger partial charge in [0, 0.05) is 17.1 Å². The van der Waals surface area contributed by atoms with Crippen molar-refractivity contribution < 1.29 is 4.74 Å². The molecule has 2 nitrogen and oxygen atoms in total. The smallest absolute Gasteiger partial charge is 0.119 e. The van der Waals surface area contributed by atoms with Crippen LogP contribution in [0.2, 0.25) is 0 Å². The van der Waals surface area contributed by atoms with E-state index in [1.807, 2.05) is 30.3 Å². The Hall–Kier alpha value is -1.96. The van der Waals surface area contributed by atoms with Crippen molar-refractivity contribution in [3.8, 4) is 5.75 Å². The van der Waals surface area contributed by atoms with Gasteiger partial charge in [0.1, 0.15) is 12.4 Å². The molecule has 2 aromatic carbocycles. The zero-order valence-electron chi connectivity index (χ0n) is 13.0. The normalized spacial score (nSPS) is 19.4. The van der Waals surface area contributed by atoms with Gasteiger partial charge in [-0.05, 0) is 30.7 Å². The van der Waals surface area contributed by atoms with Crippen LogP contribution >= 0.6 is 0 Å². The monoisotopic (exact) mass is 281 g/mol. The molecule has 0 bridgehead atoms. The highest BCUT2D eigenvalue weighted by Crippen LogP contribution is 2.44. The van der Waals surface area contributed by atoms with Gasteiger partial charge in [0.05, 0.1) is 6.54 Å². The number of rotatable bonds is 4. The molecule has 0 spiro atoms. The van der Waals surface area contributed by atoms with Gasteiger partial charge in [0.2, 0.25) is 0 Å². The summed E-state index contributed by atoms with van der Waals surface area (Å²) in [7, 11) is 0. The Morgan fingerprint density at radius 2 is 1.67 bits per heavy atom. The van der Waals surface area contributed by atoms with Crippen molar-refractivity contribution in [1.29, 1.82) is 0 Å². The molecule has 0 saturated heterocycles. The molecule has 0 aliphatic carbocycles. The minimum absolute atomic E-state index is 0.184. The Kier molecular flexibility index (Phi) is 3.62. The highest BCUT2D eigenvalue weighted by atomic mass is 16.5. The van der Waals surface area contributed by atoms with Crippen LogP contribution in [0.15, 0.2) is 54.6 Å². The van der Waals surface area contributed by atoms with Gasteiger partial charge in [0.15, 0.2) is 0 Å². The molecule has 2 aromatic rings. The zero-order chi connectivity index (χ0) is 14.9. The third-order valence-electron chi connectivity index (χ3n) is 4.76. The predicted molar refractivity (Wildman–Crippen MR) is 88.2 cm³/mol. The van der Waals surface area contributed by atoms with Gasteiger partial charge in [-0.15, -0.1) is 0 Å². The summed E-state index contributed by atoms with van der Waals surface area (Å²) in [6, 6.07) is 19.3. The van der Waals surface area contributed by atoms with Gasteiger partial charge in [-0.1, -0.05) is 50.2 Å². The van der Waals surface area contributed by atoms with Crippen LogP contribution in [0.5, 0.6) is 5.75 Å². The molecule has 1 heterocycles. The summed E-state index contributed by atoms with van der Waals surface area (Å²) in [5, 5.41) is 0. The lowest BCUT2D eigenvalue weighted by Gasteiger charge is -2.31. The molecule has 1 atom stereocenters. The van der Waals surface area contributed by atoms with E-state index in [0.29, 0.717) is 12.6 Å². The first-order chi connectivity index (χ1) is 10.1. The number of benzene rings is 2. The fraction of sp³-hybridized carbons (Fsp3) is 0.368. The number of para-hydroxylation sites is 2. The van der Waals surface area contributed by atoms with Crippen molar-refractivity contribution in [1.82, 2.24) is 0 Å². The summed E-state index contributed by atoms with van der Waals surface area (Å²) < 4.78 is 5.86. The lowest BCUT2D eigenvalue weighted by atomic mass is 9.81. The Morgan fingerprint density at radius 1 is 1.00 bits per heavy atom. The number of fused-ring (bicyclic) bond motifs is 1. The van der Waals surface area contributed by atoms with Gasteiger partial charge in [-0.3, -0.25) is 0 Å². The molecule has 1 aliphatic rings. The van der Waals surface area contributed by atoms with Crippen LogP contribution in [0.3, 0.4) is 0 Å². The van der Waals surface area contributed by atoms with Gasteiger partial charge >= 0.3 is 0 Å².